The van der Waals surface area contributed by atoms with Crippen LogP contribution in [0, 0.1) is 5.41 Å². The molecule has 20 heavy (non-hydrogen) atoms. The molecule has 1 saturated heterocycles. The molecule has 7 heteroatoms. The molecule has 0 radical (unpaired) electrons. The van der Waals surface area contributed by atoms with Crippen molar-refractivity contribution in [2.75, 3.05) is 13.1 Å². The molecule has 1 aliphatic rings. The second-order valence-electron chi connectivity index (χ2n) is 5.85. The first-order chi connectivity index (χ1) is 9.55. The van der Waals surface area contributed by atoms with Gasteiger partial charge in [0.15, 0.2) is 5.82 Å². The molecule has 0 saturated carbocycles. The van der Waals surface area contributed by atoms with Crippen LogP contribution >= 0.6 is 0 Å². The Labute approximate surface area is 119 Å². The number of tetrazole rings is 1. The molecule has 7 nitrogen and oxygen atoms in total. The molecule has 0 bridgehead atoms. The number of aliphatic carboxylic acids is 1. The van der Waals surface area contributed by atoms with Crippen LogP contribution in [0.5, 0.6) is 0 Å². The van der Waals surface area contributed by atoms with Crippen molar-refractivity contribution in [3.63, 3.8) is 0 Å². The lowest BCUT2D eigenvalue weighted by molar-refractivity contribution is -0.151. The van der Waals surface area contributed by atoms with Gasteiger partial charge in [-0.1, -0.05) is 13.3 Å². The number of aromatic nitrogens is 4. The van der Waals surface area contributed by atoms with Crippen molar-refractivity contribution in [1.29, 1.82) is 0 Å². The van der Waals surface area contributed by atoms with E-state index in [4.69, 9.17) is 0 Å². The van der Waals surface area contributed by atoms with E-state index < -0.39 is 11.4 Å². The summed E-state index contributed by atoms with van der Waals surface area (Å²) in [5, 5.41) is 21.1. The maximum Gasteiger partial charge on any atom is 0.310 e. The Morgan fingerprint density at radius 3 is 3.00 bits per heavy atom. The van der Waals surface area contributed by atoms with E-state index in [1.54, 1.807) is 0 Å². The molecule has 112 valence electrons. The summed E-state index contributed by atoms with van der Waals surface area (Å²) in [6.07, 6.45) is 3.78. The standard InChI is InChI=1S/C13H23N5O2/c1-3-4-8-18-11(14-15-16-18)9-17-7-5-6-13(2,10-17)12(19)20/h3-10H2,1-2H3,(H,19,20). The van der Waals surface area contributed by atoms with Crippen molar-refractivity contribution in [2.24, 2.45) is 5.41 Å². The number of carboxylic acid groups (broad SMARTS) is 1. The van der Waals surface area contributed by atoms with Crippen LogP contribution in [0.2, 0.25) is 0 Å². The Bertz CT molecular complexity index is 461. The number of aryl methyl sites for hydroxylation is 1. The number of carboxylic acids is 1. The van der Waals surface area contributed by atoms with Gasteiger partial charge >= 0.3 is 5.97 Å². The lowest BCUT2D eigenvalue weighted by Gasteiger charge is -2.37. The summed E-state index contributed by atoms with van der Waals surface area (Å²) >= 11 is 0. The summed E-state index contributed by atoms with van der Waals surface area (Å²) in [4.78, 5) is 13.5. The summed E-state index contributed by atoms with van der Waals surface area (Å²) in [6.45, 7) is 6.86. The average molecular weight is 281 g/mol. The van der Waals surface area contributed by atoms with Gasteiger partial charge in [0.25, 0.3) is 0 Å². The number of piperidine rings is 1. The molecule has 2 rings (SSSR count). The largest absolute Gasteiger partial charge is 0.481 e. The lowest BCUT2D eigenvalue weighted by atomic mass is 9.82. The number of carbonyl (C=O) groups is 1. The normalized spacial score (nSPS) is 23.9. The third-order valence-corrected chi connectivity index (χ3v) is 3.99. The van der Waals surface area contributed by atoms with Gasteiger partial charge in [0.1, 0.15) is 0 Å². The third kappa shape index (κ3) is 3.33. The SMILES string of the molecule is CCCCn1nnnc1CN1CCCC(C)(C(=O)O)C1. The van der Waals surface area contributed by atoms with E-state index in [0.29, 0.717) is 13.1 Å². The number of rotatable bonds is 6. The van der Waals surface area contributed by atoms with Crippen molar-refractivity contribution in [3.8, 4) is 0 Å². The summed E-state index contributed by atoms with van der Waals surface area (Å²) < 4.78 is 1.83. The van der Waals surface area contributed by atoms with E-state index >= 15 is 0 Å². The Morgan fingerprint density at radius 2 is 2.30 bits per heavy atom. The van der Waals surface area contributed by atoms with E-state index in [9.17, 15) is 9.90 Å². The second kappa shape index (κ2) is 6.30. The van der Waals surface area contributed by atoms with Crippen LogP contribution < -0.4 is 0 Å². The molecule has 1 fully saturated rings. The molecule has 1 N–H and O–H groups in total. The van der Waals surface area contributed by atoms with Crippen molar-refractivity contribution in [3.05, 3.63) is 5.82 Å². The highest BCUT2D eigenvalue weighted by Gasteiger charge is 2.38. The van der Waals surface area contributed by atoms with Gasteiger partial charge in [-0.3, -0.25) is 9.69 Å². The average Bonchev–Trinajstić information content (AvgIpc) is 2.83. The van der Waals surface area contributed by atoms with E-state index in [1.165, 1.54) is 0 Å². The number of hydrogen-bond donors (Lipinski definition) is 1. The maximum atomic E-state index is 11.4. The number of likely N-dealkylation sites (tertiary alicyclic amines) is 1. The Balaban J connectivity index is 1.99. The predicted molar refractivity (Wildman–Crippen MR) is 73.0 cm³/mol. The van der Waals surface area contributed by atoms with Crippen LogP contribution in [0.3, 0.4) is 0 Å². The topological polar surface area (TPSA) is 84.1 Å². The van der Waals surface area contributed by atoms with Gasteiger partial charge in [0.05, 0.1) is 12.0 Å². The first kappa shape index (κ1) is 14.9. The minimum Gasteiger partial charge on any atom is -0.481 e. The monoisotopic (exact) mass is 281 g/mol. The van der Waals surface area contributed by atoms with Crippen LogP contribution in [0.4, 0.5) is 0 Å². The summed E-state index contributed by atoms with van der Waals surface area (Å²) in [6, 6.07) is 0. The Kier molecular flexibility index (Phi) is 4.69. The molecular weight excluding hydrogens is 258 g/mol. The smallest absolute Gasteiger partial charge is 0.310 e. The fourth-order valence-electron chi connectivity index (χ4n) is 2.67. The quantitative estimate of drug-likeness (QED) is 0.842. The van der Waals surface area contributed by atoms with Crippen molar-refractivity contribution in [2.45, 2.75) is 52.6 Å². The highest BCUT2D eigenvalue weighted by atomic mass is 16.4. The third-order valence-electron chi connectivity index (χ3n) is 3.99. The van der Waals surface area contributed by atoms with Crippen LogP contribution in [-0.2, 0) is 17.9 Å². The minimum atomic E-state index is -0.715. The highest BCUT2D eigenvalue weighted by Crippen LogP contribution is 2.30. The first-order valence-electron chi connectivity index (χ1n) is 7.26. The van der Waals surface area contributed by atoms with Gasteiger partial charge in [0.2, 0.25) is 0 Å². The molecule has 0 aliphatic carbocycles. The zero-order chi connectivity index (χ0) is 14.6. The number of hydrogen-bond acceptors (Lipinski definition) is 5. The molecular formula is C13H23N5O2. The van der Waals surface area contributed by atoms with Gasteiger partial charge in [-0.05, 0) is 43.2 Å². The fraction of sp³-hybridized carbons (Fsp3) is 0.846. The minimum absolute atomic E-state index is 0.559. The van der Waals surface area contributed by atoms with E-state index in [2.05, 4.69) is 27.3 Å². The van der Waals surface area contributed by atoms with Crippen LogP contribution in [0.1, 0.15) is 45.4 Å². The van der Waals surface area contributed by atoms with Crippen LogP contribution in [0.15, 0.2) is 0 Å². The van der Waals surface area contributed by atoms with Gasteiger partial charge < -0.3 is 5.11 Å². The van der Waals surface area contributed by atoms with Crippen molar-refractivity contribution < 1.29 is 9.90 Å². The number of unbranched alkanes of at least 4 members (excludes halogenated alkanes) is 1. The molecule has 1 unspecified atom stereocenters. The molecule has 1 aromatic heterocycles. The Hall–Kier alpha value is -1.50. The maximum absolute atomic E-state index is 11.4. The summed E-state index contributed by atoms with van der Waals surface area (Å²) in [5.41, 5.74) is -0.653. The summed E-state index contributed by atoms with van der Waals surface area (Å²) in [7, 11) is 0. The molecule has 0 amide bonds. The molecule has 2 heterocycles. The predicted octanol–water partition coefficient (Wildman–Crippen LogP) is 1.16. The molecule has 1 aliphatic heterocycles. The van der Waals surface area contributed by atoms with E-state index in [0.717, 1.165) is 44.6 Å². The van der Waals surface area contributed by atoms with Gasteiger partial charge in [-0.25, -0.2) is 4.68 Å². The van der Waals surface area contributed by atoms with Crippen molar-refractivity contribution >= 4 is 5.97 Å². The number of nitrogens with zero attached hydrogens (tertiary/aromatic N) is 5. The lowest BCUT2D eigenvalue weighted by Crippen LogP contribution is -2.45. The second-order valence-corrected chi connectivity index (χ2v) is 5.85. The van der Waals surface area contributed by atoms with Crippen LogP contribution in [0.25, 0.3) is 0 Å². The van der Waals surface area contributed by atoms with Crippen molar-refractivity contribution in [1.82, 2.24) is 25.1 Å². The summed E-state index contributed by atoms with van der Waals surface area (Å²) in [5.74, 6) is 0.112. The molecule has 0 spiro atoms. The fourth-order valence-corrected chi connectivity index (χ4v) is 2.67. The zero-order valence-electron chi connectivity index (χ0n) is 12.2. The molecule has 1 atom stereocenters. The van der Waals surface area contributed by atoms with Gasteiger partial charge in [-0.15, -0.1) is 5.10 Å². The van der Waals surface area contributed by atoms with Gasteiger partial charge in [0, 0.05) is 13.1 Å². The van der Waals surface area contributed by atoms with Gasteiger partial charge in [-0.2, -0.15) is 0 Å². The van der Waals surface area contributed by atoms with Crippen LogP contribution in [-0.4, -0.2) is 49.3 Å². The Morgan fingerprint density at radius 1 is 1.50 bits per heavy atom. The zero-order valence-corrected chi connectivity index (χ0v) is 12.2. The van der Waals surface area contributed by atoms with E-state index in [1.807, 2.05) is 11.6 Å². The molecule has 1 aromatic rings. The van der Waals surface area contributed by atoms with E-state index in [-0.39, 0.29) is 0 Å². The highest BCUT2D eigenvalue weighted by molar-refractivity contribution is 5.74. The molecule has 0 aromatic carbocycles. The first-order valence-corrected chi connectivity index (χ1v) is 7.26.